The van der Waals surface area contributed by atoms with Crippen molar-refractivity contribution in [3.63, 3.8) is 0 Å². The Morgan fingerprint density at radius 3 is 2.21 bits per heavy atom. The molecule has 0 saturated heterocycles. The van der Waals surface area contributed by atoms with Gasteiger partial charge in [-0.1, -0.05) is 45.9 Å². The first-order valence-corrected chi connectivity index (χ1v) is 7.48. The van der Waals surface area contributed by atoms with Crippen molar-refractivity contribution in [2.75, 3.05) is 6.54 Å². The normalized spacial score (nSPS) is 17.7. The van der Waals surface area contributed by atoms with Crippen LogP contribution in [0.1, 0.15) is 61.8 Å². The van der Waals surface area contributed by atoms with Gasteiger partial charge < -0.3 is 10.1 Å². The molecule has 0 atom stereocenters. The predicted octanol–water partition coefficient (Wildman–Crippen LogP) is 5.19. The van der Waals surface area contributed by atoms with Crippen molar-refractivity contribution in [2.24, 2.45) is 0 Å². The zero-order valence-corrected chi connectivity index (χ0v) is 14.1. The van der Waals surface area contributed by atoms with Crippen molar-refractivity contribution in [3.05, 3.63) is 35.8 Å². The van der Waals surface area contributed by atoms with Gasteiger partial charge in [0.2, 0.25) is 0 Å². The van der Waals surface area contributed by atoms with Crippen LogP contribution in [0.4, 0.5) is 0 Å². The summed E-state index contributed by atoms with van der Waals surface area (Å²) in [7, 11) is 0. The van der Waals surface area contributed by atoms with E-state index in [0.29, 0.717) is 0 Å². The average Bonchev–Trinajstić information content (AvgIpc) is 2.53. The summed E-state index contributed by atoms with van der Waals surface area (Å²) < 4.78 is 5.88. The molecule has 19 heavy (non-hydrogen) atoms. The van der Waals surface area contributed by atoms with Gasteiger partial charge in [0.1, 0.15) is 11.4 Å². The van der Waals surface area contributed by atoms with Crippen LogP contribution in [0.25, 0.3) is 0 Å². The van der Waals surface area contributed by atoms with E-state index in [1.165, 1.54) is 0 Å². The largest absolute Gasteiger partial charge is 0.490 e. The smallest absolute Gasteiger partial charge is 0.117 e. The van der Waals surface area contributed by atoms with Gasteiger partial charge in [-0.2, -0.15) is 0 Å². The van der Waals surface area contributed by atoms with Gasteiger partial charge in [-0.15, -0.1) is 0 Å². The average molecular weight is 267 g/mol. The molecule has 0 saturated carbocycles. The molecule has 1 aliphatic heterocycles. The standard InChI is InChI=1S/C13H21NO.2C2H6/c1-5-6-7-8-12-11(2)15-13(3,4)9-10-14-12;2*1-2/h5-8,14H,9-10H2,1-4H3;2*1-2H3/b6-5-,8-7-;;. The predicted molar refractivity (Wildman–Crippen MR) is 87.1 cm³/mol. The molecule has 0 aromatic rings. The summed E-state index contributed by atoms with van der Waals surface area (Å²) in [6.07, 6.45) is 9.11. The fourth-order valence-electron chi connectivity index (χ4n) is 1.58. The van der Waals surface area contributed by atoms with Crippen molar-refractivity contribution >= 4 is 0 Å². The first-order chi connectivity index (χ1) is 9.05. The second-order valence-corrected chi connectivity index (χ2v) is 4.39. The molecule has 1 aliphatic rings. The van der Waals surface area contributed by atoms with Crippen molar-refractivity contribution in [1.82, 2.24) is 5.32 Å². The Bertz CT molecular complexity index is 298. The van der Waals surface area contributed by atoms with Crippen molar-refractivity contribution < 1.29 is 4.74 Å². The van der Waals surface area contributed by atoms with E-state index in [1.54, 1.807) is 0 Å². The van der Waals surface area contributed by atoms with E-state index in [1.807, 2.05) is 59.8 Å². The van der Waals surface area contributed by atoms with Crippen LogP contribution in [0, 0.1) is 0 Å². The maximum Gasteiger partial charge on any atom is 0.117 e. The van der Waals surface area contributed by atoms with Gasteiger partial charge in [0.05, 0.1) is 5.70 Å². The van der Waals surface area contributed by atoms with E-state index < -0.39 is 0 Å². The van der Waals surface area contributed by atoms with Crippen LogP contribution < -0.4 is 5.32 Å². The van der Waals surface area contributed by atoms with Gasteiger partial charge >= 0.3 is 0 Å². The Balaban J connectivity index is 0. The molecule has 0 aromatic heterocycles. The molecule has 2 heteroatoms. The first-order valence-electron chi connectivity index (χ1n) is 7.48. The molecule has 0 unspecified atom stereocenters. The minimum Gasteiger partial charge on any atom is -0.490 e. The van der Waals surface area contributed by atoms with Crippen LogP contribution in [-0.2, 0) is 4.74 Å². The first kappa shape index (κ1) is 20.1. The summed E-state index contributed by atoms with van der Waals surface area (Å²) in [5.41, 5.74) is 1.02. The van der Waals surface area contributed by atoms with Crippen molar-refractivity contribution in [3.8, 4) is 0 Å². The molecule has 2 nitrogen and oxygen atoms in total. The highest BCUT2D eigenvalue weighted by atomic mass is 16.5. The molecular weight excluding hydrogens is 234 g/mol. The van der Waals surface area contributed by atoms with Gasteiger partial charge in [-0.3, -0.25) is 0 Å². The molecule has 0 bridgehead atoms. The number of hydrogen-bond donors (Lipinski definition) is 1. The number of rotatable bonds is 2. The molecule has 0 amide bonds. The van der Waals surface area contributed by atoms with E-state index in [2.05, 4.69) is 25.2 Å². The van der Waals surface area contributed by atoms with E-state index >= 15 is 0 Å². The Labute approximate surface area is 120 Å². The molecule has 0 aliphatic carbocycles. The van der Waals surface area contributed by atoms with E-state index in [4.69, 9.17) is 4.74 Å². The molecule has 1 N–H and O–H groups in total. The Morgan fingerprint density at radius 2 is 1.68 bits per heavy atom. The molecule has 0 aromatic carbocycles. The lowest BCUT2D eigenvalue weighted by atomic mass is 10.1. The molecule has 112 valence electrons. The molecule has 1 heterocycles. The number of ether oxygens (including phenoxy) is 1. The molecular formula is C17H33NO. The highest BCUT2D eigenvalue weighted by Gasteiger charge is 2.22. The van der Waals surface area contributed by atoms with E-state index in [9.17, 15) is 0 Å². The number of hydrogen-bond acceptors (Lipinski definition) is 2. The van der Waals surface area contributed by atoms with E-state index in [-0.39, 0.29) is 5.60 Å². The highest BCUT2D eigenvalue weighted by Crippen LogP contribution is 2.22. The van der Waals surface area contributed by atoms with Gasteiger partial charge in [0.15, 0.2) is 0 Å². The third-order valence-corrected chi connectivity index (χ3v) is 2.42. The summed E-state index contributed by atoms with van der Waals surface area (Å²) in [5.74, 6) is 0.971. The third kappa shape index (κ3) is 9.40. The highest BCUT2D eigenvalue weighted by molar-refractivity contribution is 5.24. The van der Waals surface area contributed by atoms with Gasteiger partial charge in [0.25, 0.3) is 0 Å². The zero-order valence-electron chi connectivity index (χ0n) is 14.1. The van der Waals surface area contributed by atoms with Crippen LogP contribution in [0.15, 0.2) is 35.8 Å². The molecule has 0 radical (unpaired) electrons. The maximum absolute atomic E-state index is 5.88. The quantitative estimate of drug-likeness (QED) is 0.695. The lowest BCUT2D eigenvalue weighted by Gasteiger charge is -2.24. The second kappa shape index (κ2) is 11.9. The molecule has 0 spiro atoms. The lowest BCUT2D eigenvalue weighted by molar-refractivity contribution is 0.0342. The van der Waals surface area contributed by atoms with Crippen molar-refractivity contribution in [2.45, 2.75) is 67.4 Å². The molecule has 1 rings (SSSR count). The third-order valence-electron chi connectivity index (χ3n) is 2.42. The Kier molecular flexibility index (Phi) is 12.6. The summed E-state index contributed by atoms with van der Waals surface area (Å²) in [5, 5.41) is 3.38. The van der Waals surface area contributed by atoms with Crippen LogP contribution in [0.3, 0.4) is 0 Å². The van der Waals surface area contributed by atoms with E-state index in [0.717, 1.165) is 24.4 Å². The fourth-order valence-corrected chi connectivity index (χ4v) is 1.58. The second-order valence-electron chi connectivity index (χ2n) is 4.39. The maximum atomic E-state index is 5.88. The zero-order chi connectivity index (χ0) is 15.3. The van der Waals surface area contributed by atoms with Crippen LogP contribution in [0.2, 0.25) is 0 Å². The minimum absolute atomic E-state index is 0.0622. The Hall–Kier alpha value is -1.18. The Morgan fingerprint density at radius 1 is 1.11 bits per heavy atom. The summed E-state index contributed by atoms with van der Waals surface area (Å²) >= 11 is 0. The summed E-state index contributed by atoms with van der Waals surface area (Å²) in [4.78, 5) is 0. The monoisotopic (exact) mass is 267 g/mol. The lowest BCUT2D eigenvalue weighted by Crippen LogP contribution is -2.24. The SMILES string of the molecule is C/C=C\C=C/C1=C(C)OC(C)(C)CCN1.CC.CC. The number of allylic oxidation sites excluding steroid dienone is 5. The molecule has 0 fully saturated rings. The van der Waals surface area contributed by atoms with Crippen LogP contribution >= 0.6 is 0 Å². The number of nitrogens with one attached hydrogen (secondary N) is 1. The van der Waals surface area contributed by atoms with Crippen molar-refractivity contribution in [1.29, 1.82) is 0 Å². The van der Waals surface area contributed by atoms with Gasteiger partial charge in [-0.25, -0.2) is 0 Å². The summed E-state index contributed by atoms with van der Waals surface area (Å²) in [6.45, 7) is 17.2. The van der Waals surface area contributed by atoms with Gasteiger partial charge in [-0.05, 0) is 33.8 Å². The van der Waals surface area contributed by atoms with Gasteiger partial charge in [0, 0.05) is 13.0 Å². The topological polar surface area (TPSA) is 21.3 Å². The summed E-state index contributed by atoms with van der Waals surface area (Å²) in [6, 6.07) is 0. The van der Waals surface area contributed by atoms with Crippen LogP contribution in [-0.4, -0.2) is 12.1 Å². The minimum atomic E-state index is -0.0622. The van der Waals surface area contributed by atoms with Crippen LogP contribution in [0.5, 0.6) is 0 Å². The fraction of sp³-hybridized carbons (Fsp3) is 0.647.